The van der Waals surface area contributed by atoms with Crippen molar-refractivity contribution in [2.75, 3.05) is 0 Å². The maximum absolute atomic E-state index is 12.4. The van der Waals surface area contributed by atoms with Crippen LogP contribution >= 0.6 is 46.3 Å². The normalized spacial score (nSPS) is 11.4. The summed E-state index contributed by atoms with van der Waals surface area (Å²) in [6.07, 6.45) is 0. The molecular weight excluding hydrogens is 497 g/mol. The summed E-state index contributed by atoms with van der Waals surface area (Å²) in [5.41, 5.74) is 4.75. The smallest absolute Gasteiger partial charge is 0.355 e. The maximum atomic E-state index is 12.4. The van der Waals surface area contributed by atoms with Gasteiger partial charge >= 0.3 is 5.97 Å². The lowest BCUT2D eigenvalue weighted by Gasteiger charge is -2.05. The van der Waals surface area contributed by atoms with Crippen LogP contribution in [0, 0.1) is 13.8 Å². The predicted molar refractivity (Wildman–Crippen MR) is 138 cm³/mol. The lowest BCUT2D eigenvalue weighted by Crippen LogP contribution is -2.09. The van der Waals surface area contributed by atoms with Gasteiger partial charge in [-0.2, -0.15) is 9.78 Å². The third-order valence-corrected chi connectivity index (χ3v) is 7.89. The van der Waals surface area contributed by atoms with Crippen LogP contribution in [0.5, 0.6) is 0 Å². The Morgan fingerprint density at radius 3 is 2.33 bits per heavy atom. The van der Waals surface area contributed by atoms with Crippen molar-refractivity contribution in [1.82, 2.24) is 14.8 Å². The van der Waals surface area contributed by atoms with Crippen molar-refractivity contribution < 1.29 is 9.90 Å². The van der Waals surface area contributed by atoms with E-state index in [2.05, 4.69) is 18.9 Å². The average Bonchev–Trinajstić information content (AvgIpc) is 3.31. The van der Waals surface area contributed by atoms with Gasteiger partial charge in [0.2, 0.25) is 5.13 Å². The van der Waals surface area contributed by atoms with Crippen molar-refractivity contribution >= 4 is 52.3 Å². The number of thiazole rings is 1. The minimum absolute atomic E-state index is 0.0897. The molecule has 0 aliphatic heterocycles. The van der Waals surface area contributed by atoms with Crippen LogP contribution in [0.4, 0.5) is 0 Å². The molecule has 0 aliphatic rings. The van der Waals surface area contributed by atoms with Crippen LogP contribution in [0.1, 0.15) is 35.6 Å². The van der Waals surface area contributed by atoms with E-state index in [1.807, 2.05) is 44.2 Å². The quantitative estimate of drug-likeness (QED) is 0.264. The molecule has 0 aliphatic carbocycles. The fraction of sp³-hybridized carbons (Fsp3) is 0.208. The van der Waals surface area contributed by atoms with Crippen molar-refractivity contribution in [2.24, 2.45) is 0 Å². The Morgan fingerprint density at radius 2 is 1.73 bits per heavy atom. The second kappa shape index (κ2) is 9.50. The van der Waals surface area contributed by atoms with Gasteiger partial charge in [-0.25, -0.2) is 9.78 Å². The zero-order valence-corrected chi connectivity index (χ0v) is 21.5. The minimum atomic E-state index is -1.06. The Balaban J connectivity index is 1.91. The van der Waals surface area contributed by atoms with Gasteiger partial charge in [0.1, 0.15) is 0 Å². The molecule has 0 bridgehead atoms. The van der Waals surface area contributed by atoms with Crippen LogP contribution in [0.15, 0.2) is 46.7 Å². The van der Waals surface area contributed by atoms with E-state index in [-0.39, 0.29) is 5.69 Å². The van der Waals surface area contributed by atoms with Gasteiger partial charge < -0.3 is 5.11 Å². The molecule has 0 amide bonds. The van der Waals surface area contributed by atoms with Crippen molar-refractivity contribution in [1.29, 1.82) is 0 Å². The number of carbonyl (C=O) groups is 1. The second-order valence-electron chi connectivity index (χ2n) is 7.82. The first-order valence-corrected chi connectivity index (χ1v) is 12.6. The second-order valence-corrected chi connectivity index (χ2v) is 11.5. The van der Waals surface area contributed by atoms with Crippen molar-refractivity contribution in [3.8, 4) is 27.5 Å². The molecule has 33 heavy (non-hydrogen) atoms. The summed E-state index contributed by atoms with van der Waals surface area (Å²) in [4.78, 5) is 17.2. The van der Waals surface area contributed by atoms with Crippen molar-refractivity contribution in [3.05, 3.63) is 69.5 Å². The summed E-state index contributed by atoms with van der Waals surface area (Å²) in [5.74, 6) is -1.06. The van der Waals surface area contributed by atoms with Crippen LogP contribution in [0.2, 0.25) is 10.0 Å². The Kier molecular flexibility index (Phi) is 6.86. The lowest BCUT2D eigenvalue weighted by atomic mass is 10.0. The van der Waals surface area contributed by atoms with E-state index in [1.54, 1.807) is 23.9 Å². The third-order valence-electron chi connectivity index (χ3n) is 4.90. The number of aromatic nitrogens is 3. The molecule has 0 unspecified atom stereocenters. The molecule has 9 heteroatoms. The summed E-state index contributed by atoms with van der Waals surface area (Å²) in [7, 11) is 0. The number of aryl methyl sites for hydroxylation is 2. The number of nitrogens with zero attached hydrogens (tertiary/aromatic N) is 3. The number of carboxylic acids is 1. The Morgan fingerprint density at radius 1 is 1.06 bits per heavy atom. The number of thioether (sulfide) groups is 1. The van der Waals surface area contributed by atoms with E-state index in [4.69, 9.17) is 28.2 Å². The lowest BCUT2D eigenvalue weighted by molar-refractivity contribution is 0.0688. The first-order valence-electron chi connectivity index (χ1n) is 10.2. The Hall–Kier alpha value is -2.32. The van der Waals surface area contributed by atoms with Gasteiger partial charge in [-0.3, -0.25) is 0 Å². The van der Waals surface area contributed by atoms with Crippen molar-refractivity contribution in [2.45, 2.75) is 37.2 Å². The molecule has 0 radical (unpaired) electrons. The van der Waals surface area contributed by atoms with E-state index >= 15 is 0 Å². The van der Waals surface area contributed by atoms with E-state index in [0.29, 0.717) is 31.7 Å². The number of rotatable bonds is 6. The summed E-state index contributed by atoms with van der Waals surface area (Å²) >= 11 is 15.4. The molecule has 2 aromatic heterocycles. The molecule has 4 aromatic rings. The highest BCUT2D eigenvalue weighted by Gasteiger charge is 2.26. The number of aromatic carboxylic acids is 1. The van der Waals surface area contributed by atoms with E-state index in [0.717, 1.165) is 26.6 Å². The molecule has 2 aromatic carbocycles. The number of halogens is 2. The van der Waals surface area contributed by atoms with Crippen LogP contribution < -0.4 is 0 Å². The summed E-state index contributed by atoms with van der Waals surface area (Å²) in [6, 6.07) is 13.1. The molecule has 0 fully saturated rings. The molecule has 5 nitrogen and oxygen atoms in total. The molecule has 0 saturated heterocycles. The molecule has 0 atom stereocenters. The number of hydrogen-bond acceptors (Lipinski definition) is 5. The van der Waals surface area contributed by atoms with Gasteiger partial charge in [-0.05, 0) is 31.5 Å². The van der Waals surface area contributed by atoms with Gasteiger partial charge in [0.05, 0.1) is 25.6 Å². The molecule has 170 valence electrons. The largest absolute Gasteiger partial charge is 0.476 e. The fourth-order valence-corrected chi connectivity index (χ4v) is 6.21. The van der Waals surface area contributed by atoms with Crippen LogP contribution in [0.3, 0.4) is 0 Å². The standard InChI is InChI=1S/C24H21Cl2N3O2S2/c1-12(2)32-23-20(16-9-10-17(25)18(26)11-16)27-24(33-23)29-21(22(30)31)19(14(4)28-29)15-7-5-13(3)6-8-15/h5-12H,1-4H3,(H,30,31). The van der Waals surface area contributed by atoms with E-state index in [9.17, 15) is 9.90 Å². The van der Waals surface area contributed by atoms with Gasteiger partial charge in [0.25, 0.3) is 0 Å². The SMILES string of the molecule is Cc1ccc(-c2c(C)nn(-c3nc(-c4ccc(Cl)c(Cl)c4)c(SC(C)C)s3)c2C(=O)O)cc1. The van der Waals surface area contributed by atoms with E-state index < -0.39 is 5.97 Å². The summed E-state index contributed by atoms with van der Waals surface area (Å²) in [6.45, 7) is 8.00. The molecule has 1 N–H and O–H groups in total. The van der Waals surface area contributed by atoms with Gasteiger partial charge in [0, 0.05) is 16.4 Å². The Bertz CT molecular complexity index is 1340. The van der Waals surface area contributed by atoms with Gasteiger partial charge in [-0.1, -0.05) is 84.3 Å². The summed E-state index contributed by atoms with van der Waals surface area (Å²) < 4.78 is 2.39. The number of benzene rings is 2. The minimum Gasteiger partial charge on any atom is -0.476 e. The van der Waals surface area contributed by atoms with Crippen LogP contribution in [-0.2, 0) is 0 Å². The average molecular weight is 518 g/mol. The third kappa shape index (κ3) is 4.82. The molecule has 0 spiro atoms. The molecule has 4 rings (SSSR count). The van der Waals surface area contributed by atoms with Crippen molar-refractivity contribution in [3.63, 3.8) is 0 Å². The topological polar surface area (TPSA) is 68.0 Å². The van der Waals surface area contributed by atoms with Crippen LogP contribution in [-0.4, -0.2) is 31.1 Å². The van der Waals surface area contributed by atoms with E-state index in [1.165, 1.54) is 16.0 Å². The van der Waals surface area contributed by atoms with Gasteiger partial charge in [-0.15, -0.1) is 11.8 Å². The first-order chi connectivity index (χ1) is 15.7. The Labute approximate surface area is 210 Å². The summed E-state index contributed by atoms with van der Waals surface area (Å²) in [5, 5.41) is 16.4. The highest BCUT2D eigenvalue weighted by atomic mass is 35.5. The monoisotopic (exact) mass is 517 g/mol. The van der Waals surface area contributed by atoms with Crippen LogP contribution in [0.25, 0.3) is 27.5 Å². The first kappa shape index (κ1) is 23.8. The fourth-order valence-electron chi connectivity index (χ4n) is 3.43. The molecular formula is C24H21Cl2N3O2S2. The molecule has 2 heterocycles. The number of hydrogen-bond donors (Lipinski definition) is 1. The van der Waals surface area contributed by atoms with Gasteiger partial charge in [0.15, 0.2) is 5.69 Å². The molecule has 0 saturated carbocycles. The predicted octanol–water partition coefficient (Wildman–Crippen LogP) is 7.79. The maximum Gasteiger partial charge on any atom is 0.355 e. The highest BCUT2D eigenvalue weighted by molar-refractivity contribution is 8.01. The highest BCUT2D eigenvalue weighted by Crippen LogP contribution is 2.42. The zero-order valence-electron chi connectivity index (χ0n) is 18.4. The number of carboxylic acid groups (broad SMARTS) is 1. The zero-order chi connectivity index (χ0) is 23.9.